The number of aromatic nitrogens is 3. The number of fused-ring (bicyclic) bond motifs is 1. The number of methoxy groups -OCH3 is 1. The molecule has 0 fully saturated rings. The van der Waals surface area contributed by atoms with E-state index in [1.54, 1.807) is 31.4 Å². The molecule has 0 aliphatic heterocycles. The average molecular weight is 389 g/mol. The van der Waals surface area contributed by atoms with Crippen LogP contribution in [0, 0.1) is 13.8 Å². The third-order valence-electron chi connectivity index (χ3n) is 4.65. The summed E-state index contributed by atoms with van der Waals surface area (Å²) in [6.07, 6.45) is 1.10. The standard InChI is InChI=1S/C19H23N3O4S/c1-13-11-15(14(2)21(13)9-10-26-3)18(23)12-22-17-8-6-5-7-16(17)20-19(22)27(4,24)25/h5-8,11H,9-10,12H2,1-4H3. The van der Waals surface area contributed by atoms with E-state index in [9.17, 15) is 13.2 Å². The SMILES string of the molecule is COCCn1c(C)cc(C(=O)Cn2c(S(C)(=O)=O)nc3ccccc32)c1C. The molecule has 1 aromatic carbocycles. The van der Waals surface area contributed by atoms with Crippen LogP contribution in [-0.4, -0.2) is 48.3 Å². The van der Waals surface area contributed by atoms with Crippen molar-refractivity contribution in [1.29, 1.82) is 0 Å². The van der Waals surface area contributed by atoms with Crippen molar-refractivity contribution in [2.75, 3.05) is 20.0 Å². The van der Waals surface area contributed by atoms with E-state index in [4.69, 9.17) is 4.74 Å². The predicted molar refractivity (Wildman–Crippen MR) is 103 cm³/mol. The molecule has 3 rings (SSSR count). The van der Waals surface area contributed by atoms with Gasteiger partial charge in [0.2, 0.25) is 15.0 Å². The van der Waals surface area contributed by atoms with Gasteiger partial charge in [-0.3, -0.25) is 4.79 Å². The van der Waals surface area contributed by atoms with E-state index in [1.807, 2.05) is 24.5 Å². The van der Waals surface area contributed by atoms with Crippen molar-refractivity contribution in [3.63, 3.8) is 0 Å². The molecular formula is C19H23N3O4S. The number of sulfone groups is 1. The number of carbonyl (C=O) groups excluding carboxylic acids is 1. The number of benzene rings is 1. The Morgan fingerprint density at radius 2 is 1.89 bits per heavy atom. The number of rotatable bonds is 7. The van der Waals surface area contributed by atoms with Crippen molar-refractivity contribution in [3.8, 4) is 0 Å². The lowest BCUT2D eigenvalue weighted by atomic mass is 10.1. The van der Waals surface area contributed by atoms with Crippen molar-refractivity contribution >= 4 is 26.7 Å². The molecular weight excluding hydrogens is 366 g/mol. The molecule has 3 aromatic rings. The molecule has 0 saturated carbocycles. The monoisotopic (exact) mass is 389 g/mol. The number of hydrogen-bond acceptors (Lipinski definition) is 5. The highest BCUT2D eigenvalue weighted by Crippen LogP contribution is 2.22. The highest BCUT2D eigenvalue weighted by molar-refractivity contribution is 7.90. The second kappa shape index (κ2) is 7.28. The zero-order valence-corrected chi connectivity index (χ0v) is 16.7. The van der Waals surface area contributed by atoms with Crippen LogP contribution >= 0.6 is 0 Å². The quantitative estimate of drug-likeness (QED) is 0.580. The first kappa shape index (κ1) is 19.3. The van der Waals surface area contributed by atoms with Crippen LogP contribution < -0.4 is 0 Å². The van der Waals surface area contributed by atoms with Crippen molar-refractivity contribution in [1.82, 2.24) is 14.1 Å². The van der Waals surface area contributed by atoms with E-state index in [1.165, 1.54) is 4.57 Å². The maximum absolute atomic E-state index is 13.0. The maximum Gasteiger partial charge on any atom is 0.228 e. The lowest BCUT2D eigenvalue weighted by Gasteiger charge is -2.10. The second-order valence-corrected chi connectivity index (χ2v) is 8.50. The van der Waals surface area contributed by atoms with Crippen LogP contribution in [0.15, 0.2) is 35.5 Å². The number of ether oxygens (including phenoxy) is 1. The Hall–Kier alpha value is -2.45. The normalized spacial score (nSPS) is 12.0. The summed E-state index contributed by atoms with van der Waals surface area (Å²) in [4.78, 5) is 17.2. The molecule has 2 aromatic heterocycles. The number of hydrogen-bond donors (Lipinski definition) is 0. The number of ketones is 1. The fourth-order valence-electron chi connectivity index (χ4n) is 3.33. The second-order valence-electron chi connectivity index (χ2n) is 6.59. The minimum absolute atomic E-state index is 0.0858. The van der Waals surface area contributed by atoms with E-state index in [2.05, 4.69) is 4.98 Å². The van der Waals surface area contributed by atoms with Gasteiger partial charge >= 0.3 is 0 Å². The van der Waals surface area contributed by atoms with Crippen LogP contribution in [0.1, 0.15) is 21.7 Å². The summed E-state index contributed by atoms with van der Waals surface area (Å²) in [6.45, 7) is 4.95. The highest BCUT2D eigenvalue weighted by Gasteiger charge is 2.23. The Balaban J connectivity index is 2.02. The third-order valence-corrected chi connectivity index (χ3v) is 5.62. The predicted octanol–water partition coefficient (Wildman–Crippen LogP) is 2.39. The van der Waals surface area contributed by atoms with E-state index in [0.717, 1.165) is 17.6 Å². The first-order valence-corrected chi connectivity index (χ1v) is 10.5. The topological polar surface area (TPSA) is 83.2 Å². The van der Waals surface area contributed by atoms with Crippen LogP contribution in [-0.2, 0) is 27.7 Å². The molecule has 0 aliphatic carbocycles. The zero-order chi connectivity index (χ0) is 19.8. The summed E-state index contributed by atoms with van der Waals surface area (Å²) in [5, 5.41) is -0.0924. The fraction of sp³-hybridized carbons (Fsp3) is 0.368. The number of para-hydroxylation sites is 2. The highest BCUT2D eigenvalue weighted by atomic mass is 32.2. The average Bonchev–Trinajstić information content (AvgIpc) is 3.11. The molecule has 0 unspecified atom stereocenters. The van der Waals surface area contributed by atoms with Gasteiger partial charge in [-0.15, -0.1) is 0 Å². The van der Waals surface area contributed by atoms with Crippen molar-refractivity contribution < 1.29 is 17.9 Å². The van der Waals surface area contributed by atoms with Gasteiger partial charge in [0.25, 0.3) is 0 Å². The molecule has 0 atom stereocenters. The number of Topliss-reactive ketones (excluding diaryl/α,β-unsaturated/α-hetero) is 1. The van der Waals surface area contributed by atoms with Crippen molar-refractivity contribution in [2.24, 2.45) is 0 Å². The van der Waals surface area contributed by atoms with Gasteiger partial charge in [-0.1, -0.05) is 12.1 Å². The molecule has 0 radical (unpaired) electrons. The van der Waals surface area contributed by atoms with Crippen LogP contribution in [0.2, 0.25) is 0 Å². The Morgan fingerprint density at radius 1 is 1.19 bits per heavy atom. The van der Waals surface area contributed by atoms with Gasteiger partial charge in [-0.05, 0) is 32.0 Å². The van der Waals surface area contributed by atoms with Crippen LogP contribution in [0.5, 0.6) is 0 Å². The molecule has 8 heteroatoms. The van der Waals surface area contributed by atoms with Gasteiger partial charge in [0.05, 0.1) is 24.2 Å². The number of nitrogens with zero attached hydrogens (tertiary/aromatic N) is 3. The molecule has 0 aliphatic rings. The first-order chi connectivity index (χ1) is 12.7. The number of imidazole rings is 1. The Bertz CT molecular complexity index is 1110. The molecule has 0 N–H and O–H groups in total. The van der Waals surface area contributed by atoms with Crippen LogP contribution in [0.25, 0.3) is 11.0 Å². The summed E-state index contributed by atoms with van der Waals surface area (Å²) in [5.41, 5.74) is 3.57. The minimum Gasteiger partial charge on any atom is -0.383 e. The summed E-state index contributed by atoms with van der Waals surface area (Å²) >= 11 is 0. The summed E-state index contributed by atoms with van der Waals surface area (Å²) in [6, 6.07) is 8.94. The molecule has 7 nitrogen and oxygen atoms in total. The number of aryl methyl sites for hydroxylation is 1. The lowest BCUT2D eigenvalue weighted by molar-refractivity contribution is 0.0969. The zero-order valence-electron chi connectivity index (χ0n) is 15.9. The Kier molecular flexibility index (Phi) is 5.21. The van der Waals surface area contributed by atoms with Crippen LogP contribution in [0.3, 0.4) is 0 Å². The number of carbonyl (C=O) groups is 1. The van der Waals surface area contributed by atoms with Crippen molar-refractivity contribution in [2.45, 2.75) is 32.1 Å². The summed E-state index contributed by atoms with van der Waals surface area (Å²) in [7, 11) is -1.93. The molecule has 0 saturated heterocycles. The van der Waals surface area contributed by atoms with Gasteiger partial charge < -0.3 is 13.9 Å². The van der Waals surface area contributed by atoms with Crippen molar-refractivity contribution in [3.05, 3.63) is 47.3 Å². The van der Waals surface area contributed by atoms with E-state index in [0.29, 0.717) is 29.7 Å². The molecule has 0 bridgehead atoms. The maximum atomic E-state index is 13.0. The molecule has 2 heterocycles. The van der Waals surface area contributed by atoms with Gasteiger partial charge in [-0.25, -0.2) is 13.4 Å². The summed E-state index contributed by atoms with van der Waals surface area (Å²) < 4.78 is 33.0. The fourth-order valence-corrected chi connectivity index (χ4v) is 4.16. The van der Waals surface area contributed by atoms with Crippen LogP contribution in [0.4, 0.5) is 0 Å². The summed E-state index contributed by atoms with van der Waals surface area (Å²) in [5.74, 6) is -0.153. The molecule has 0 spiro atoms. The molecule has 27 heavy (non-hydrogen) atoms. The van der Waals surface area contributed by atoms with E-state index >= 15 is 0 Å². The van der Waals surface area contributed by atoms with E-state index < -0.39 is 9.84 Å². The Morgan fingerprint density at radius 3 is 2.56 bits per heavy atom. The molecule has 144 valence electrons. The van der Waals surface area contributed by atoms with Gasteiger partial charge in [0.15, 0.2) is 5.78 Å². The lowest BCUT2D eigenvalue weighted by Crippen LogP contribution is -2.16. The Labute approximate surface area is 158 Å². The van der Waals surface area contributed by atoms with Gasteiger partial charge in [-0.2, -0.15) is 0 Å². The first-order valence-electron chi connectivity index (χ1n) is 8.58. The third kappa shape index (κ3) is 3.68. The molecule has 0 amide bonds. The largest absolute Gasteiger partial charge is 0.383 e. The minimum atomic E-state index is -3.57. The van der Waals surface area contributed by atoms with E-state index in [-0.39, 0.29) is 17.5 Å². The smallest absolute Gasteiger partial charge is 0.228 e. The van der Waals surface area contributed by atoms with Gasteiger partial charge in [0, 0.05) is 36.9 Å². The van der Waals surface area contributed by atoms with Gasteiger partial charge in [0.1, 0.15) is 0 Å².